The molecular weight excluding hydrogens is 704 g/mol. The molecule has 1 spiro atoms. The SMILES string of the molecule is CCCCC1C2(C)CC(O[C@@H]3O[C@H](CO)[C@@H](OSOO[O-])[C@@H](OSOO[O-])C3OC(=O)CC(C)C)CC(C(=O)O)C2CCC12CCC(C)[C@@H]2O. The highest BCUT2D eigenvalue weighted by atomic mass is 32.2. The predicted octanol–water partition coefficient (Wildman–Crippen LogP) is 2.89. The molecule has 0 aromatic heterocycles. The Morgan fingerprint density at radius 1 is 1.04 bits per heavy atom. The zero-order valence-corrected chi connectivity index (χ0v) is 30.8. The van der Waals surface area contributed by atoms with Gasteiger partial charge in [0.15, 0.2) is 37.0 Å². The van der Waals surface area contributed by atoms with Crippen molar-refractivity contribution in [2.45, 2.75) is 142 Å². The van der Waals surface area contributed by atoms with E-state index < -0.39 is 72.8 Å². The van der Waals surface area contributed by atoms with Crippen LogP contribution >= 0.6 is 24.6 Å². The first-order chi connectivity index (χ1) is 23.9. The summed E-state index contributed by atoms with van der Waals surface area (Å²) in [6.07, 6.45) is -1.38. The van der Waals surface area contributed by atoms with Crippen molar-refractivity contribution in [1.29, 1.82) is 0 Å². The molecule has 13 atom stereocenters. The van der Waals surface area contributed by atoms with E-state index in [2.05, 4.69) is 39.5 Å². The molecule has 3 aliphatic carbocycles. The highest BCUT2D eigenvalue weighted by Crippen LogP contribution is 2.67. The third kappa shape index (κ3) is 9.26. The van der Waals surface area contributed by atoms with E-state index in [1.165, 1.54) is 0 Å². The van der Waals surface area contributed by atoms with E-state index >= 15 is 0 Å². The van der Waals surface area contributed by atoms with Crippen LogP contribution in [0.3, 0.4) is 0 Å². The molecule has 0 amide bonds. The number of carbonyl (C=O) groups excluding carboxylic acids is 1. The Hall–Kier alpha value is -0.840. The van der Waals surface area contributed by atoms with Gasteiger partial charge in [-0.3, -0.25) is 28.0 Å². The van der Waals surface area contributed by atoms with E-state index in [-0.39, 0.29) is 66.6 Å². The molecule has 4 aliphatic rings. The molecule has 18 heteroatoms. The Bertz CT molecular complexity index is 1090. The lowest BCUT2D eigenvalue weighted by Gasteiger charge is -2.62. The fourth-order valence-electron chi connectivity index (χ4n) is 9.60. The molecule has 290 valence electrons. The average molecular weight is 757 g/mol. The van der Waals surface area contributed by atoms with Gasteiger partial charge >= 0.3 is 11.9 Å². The second-order valence-electron chi connectivity index (χ2n) is 15.0. The van der Waals surface area contributed by atoms with Crippen LogP contribution < -0.4 is 10.5 Å². The standard InChI is InChI=1S/C32H54O16S2/c1-6-7-8-23-31(5)15-19(14-20(29(36)37)21(31)10-12-32(23)11-9-18(4)28(32)35)40-30-27(42-24(34)13-17(2)3)26(44-50-48-46-39)25(22(16-33)41-30)43-49-47-45-38/h17-23,25-28,30,33,35,38-39H,6-16H2,1-5H3,(H,36,37)/p-2/t18?,19?,20?,21?,22-,23?,25-,26-,27?,28+,30-,31?,32?/m1/s1. The predicted molar refractivity (Wildman–Crippen MR) is 170 cm³/mol. The molecule has 1 saturated heterocycles. The summed E-state index contributed by atoms with van der Waals surface area (Å²) in [5.74, 6) is -2.40. The number of carbonyl (C=O) groups is 2. The number of carboxylic acid groups (broad SMARTS) is 1. The number of hydrogen-bond acceptors (Lipinski definition) is 17. The third-order valence-corrected chi connectivity index (χ3v) is 12.5. The number of unbranched alkanes of at least 4 members (excludes halogenated alkanes) is 1. The van der Waals surface area contributed by atoms with E-state index in [0.29, 0.717) is 12.8 Å². The summed E-state index contributed by atoms with van der Waals surface area (Å²) in [7, 11) is 0. The Kier molecular flexibility index (Phi) is 15.9. The molecule has 0 aromatic rings. The van der Waals surface area contributed by atoms with Gasteiger partial charge in [-0.2, -0.15) is 0 Å². The zero-order valence-electron chi connectivity index (χ0n) is 29.2. The van der Waals surface area contributed by atoms with Gasteiger partial charge < -0.3 is 40.0 Å². The van der Waals surface area contributed by atoms with Gasteiger partial charge in [0, 0.05) is 6.42 Å². The van der Waals surface area contributed by atoms with Crippen LogP contribution in [0.5, 0.6) is 0 Å². The first kappa shape index (κ1) is 41.9. The molecule has 4 fully saturated rings. The minimum atomic E-state index is -1.41. The number of aliphatic carboxylic acids is 1. The molecule has 16 nitrogen and oxygen atoms in total. The minimum Gasteiger partial charge on any atom is -0.691 e. The van der Waals surface area contributed by atoms with Crippen molar-refractivity contribution >= 4 is 36.6 Å². The zero-order chi connectivity index (χ0) is 36.6. The van der Waals surface area contributed by atoms with E-state index in [0.717, 1.165) is 38.5 Å². The third-order valence-electron chi connectivity index (χ3n) is 11.6. The lowest BCUT2D eigenvalue weighted by Crippen LogP contribution is -2.63. The number of rotatable bonds is 18. The number of ether oxygens (including phenoxy) is 3. The van der Waals surface area contributed by atoms with E-state index in [1.54, 1.807) is 0 Å². The average Bonchev–Trinajstić information content (AvgIpc) is 3.34. The lowest BCUT2D eigenvalue weighted by molar-refractivity contribution is -0.778. The van der Waals surface area contributed by atoms with Crippen LogP contribution in [-0.4, -0.2) is 76.8 Å². The lowest BCUT2D eigenvalue weighted by atomic mass is 9.43. The van der Waals surface area contributed by atoms with Gasteiger partial charge in [-0.1, -0.05) is 47.5 Å². The van der Waals surface area contributed by atoms with Gasteiger partial charge in [-0.25, -0.2) is 0 Å². The number of fused-ring (bicyclic) bond motifs is 1. The molecule has 1 heterocycles. The maximum Gasteiger partial charge on any atom is 0.306 e. The van der Waals surface area contributed by atoms with Gasteiger partial charge in [-0.15, -0.1) is 8.67 Å². The number of esters is 1. The number of carboxylic acids is 1. The molecule has 1 aliphatic heterocycles. The van der Waals surface area contributed by atoms with Crippen LogP contribution in [0, 0.1) is 40.4 Å². The van der Waals surface area contributed by atoms with Crippen molar-refractivity contribution in [3.8, 4) is 0 Å². The number of hydrogen-bond donors (Lipinski definition) is 3. The molecule has 8 unspecified atom stereocenters. The fourth-order valence-corrected chi connectivity index (χ4v) is 10.3. The molecular formula is C32H52O16S2-2. The van der Waals surface area contributed by atoms with Crippen molar-refractivity contribution < 1.29 is 76.7 Å². The Morgan fingerprint density at radius 2 is 1.70 bits per heavy atom. The van der Waals surface area contributed by atoms with Crippen molar-refractivity contribution in [1.82, 2.24) is 0 Å². The van der Waals surface area contributed by atoms with E-state index in [4.69, 9.17) is 22.6 Å². The quantitative estimate of drug-likeness (QED) is 0.0456. The van der Waals surface area contributed by atoms with Crippen molar-refractivity contribution in [2.75, 3.05) is 6.61 Å². The Morgan fingerprint density at radius 3 is 2.26 bits per heavy atom. The largest absolute Gasteiger partial charge is 0.691 e. The summed E-state index contributed by atoms with van der Waals surface area (Å²) >= 11 is 0.208. The molecule has 3 saturated carbocycles. The van der Waals surface area contributed by atoms with E-state index in [1.807, 2.05) is 13.8 Å². The summed E-state index contributed by atoms with van der Waals surface area (Å²) in [6.45, 7) is 9.31. The van der Waals surface area contributed by atoms with Gasteiger partial charge in [0.1, 0.15) is 18.3 Å². The van der Waals surface area contributed by atoms with Crippen LogP contribution in [-0.2, 0) is 50.9 Å². The van der Waals surface area contributed by atoms with Gasteiger partial charge in [-0.05, 0) is 79.4 Å². The normalized spacial score (nSPS) is 40.2. The van der Waals surface area contributed by atoms with Gasteiger partial charge in [0.2, 0.25) is 0 Å². The minimum absolute atomic E-state index is 0.00625. The molecule has 0 bridgehead atoms. The second kappa shape index (κ2) is 19.0. The van der Waals surface area contributed by atoms with Crippen LogP contribution in [0.15, 0.2) is 0 Å². The van der Waals surface area contributed by atoms with Crippen molar-refractivity contribution in [2.24, 2.45) is 40.4 Å². The first-order valence-electron chi connectivity index (χ1n) is 17.5. The van der Waals surface area contributed by atoms with Crippen LogP contribution in [0.4, 0.5) is 0 Å². The van der Waals surface area contributed by atoms with Crippen molar-refractivity contribution in [3.05, 3.63) is 0 Å². The van der Waals surface area contributed by atoms with Crippen LogP contribution in [0.25, 0.3) is 0 Å². The van der Waals surface area contributed by atoms with Crippen LogP contribution in [0.2, 0.25) is 0 Å². The molecule has 3 N–H and O–H groups in total. The van der Waals surface area contributed by atoms with Crippen molar-refractivity contribution in [3.63, 3.8) is 0 Å². The topological polar surface area (TPSA) is 224 Å². The fraction of sp³-hybridized carbons (Fsp3) is 0.938. The number of aliphatic hydroxyl groups is 2. The van der Waals surface area contributed by atoms with Gasteiger partial charge in [0.05, 0.1) is 24.7 Å². The molecule has 0 radical (unpaired) electrons. The first-order valence-corrected chi connectivity index (χ1v) is 18.8. The molecule has 4 rings (SSSR count). The summed E-state index contributed by atoms with van der Waals surface area (Å²) in [5, 5.41) is 60.3. The molecule has 0 aromatic carbocycles. The van der Waals surface area contributed by atoms with E-state index in [9.17, 15) is 35.4 Å². The number of aliphatic hydroxyl groups excluding tert-OH is 2. The van der Waals surface area contributed by atoms with Crippen LogP contribution in [0.1, 0.15) is 98.8 Å². The monoisotopic (exact) mass is 756 g/mol. The summed E-state index contributed by atoms with van der Waals surface area (Å²) < 4.78 is 38.3. The highest BCUT2D eigenvalue weighted by Gasteiger charge is 2.64. The Labute approximate surface area is 301 Å². The molecule has 50 heavy (non-hydrogen) atoms. The second-order valence-corrected chi connectivity index (χ2v) is 15.9. The maximum atomic E-state index is 13.1. The smallest absolute Gasteiger partial charge is 0.306 e. The highest BCUT2D eigenvalue weighted by molar-refractivity contribution is 7.90. The summed E-state index contributed by atoms with van der Waals surface area (Å²) in [6, 6.07) is 0. The Balaban J connectivity index is 1.70. The summed E-state index contributed by atoms with van der Waals surface area (Å²) in [5.41, 5.74) is -0.858. The maximum absolute atomic E-state index is 13.1. The van der Waals surface area contributed by atoms with Gasteiger partial charge in [0.25, 0.3) is 0 Å². The summed E-state index contributed by atoms with van der Waals surface area (Å²) in [4.78, 5) is 26.0.